The minimum absolute atomic E-state index is 0.00330. The first-order valence-corrected chi connectivity index (χ1v) is 7.93. The van der Waals surface area contributed by atoms with E-state index < -0.39 is 5.97 Å². The monoisotopic (exact) mass is 323 g/mol. The Morgan fingerprint density at radius 3 is 2.57 bits per heavy atom. The molecular weight excluding hydrogens is 298 g/mol. The second-order valence-corrected chi connectivity index (χ2v) is 5.06. The van der Waals surface area contributed by atoms with Crippen LogP contribution in [0.2, 0.25) is 0 Å². The second kappa shape index (κ2) is 10.5. The molecule has 0 saturated carbocycles. The highest BCUT2D eigenvalue weighted by Crippen LogP contribution is 2.28. The van der Waals surface area contributed by atoms with Crippen molar-refractivity contribution < 1.29 is 24.2 Å². The molecule has 0 aliphatic rings. The van der Waals surface area contributed by atoms with Crippen molar-refractivity contribution in [3.63, 3.8) is 0 Å². The largest absolute Gasteiger partial charge is 0.490 e. The van der Waals surface area contributed by atoms with E-state index in [2.05, 4.69) is 5.32 Å². The quantitative estimate of drug-likeness (QED) is 0.653. The maximum Gasteiger partial charge on any atom is 0.303 e. The van der Waals surface area contributed by atoms with Crippen LogP contribution in [0.1, 0.15) is 38.7 Å². The third-order valence-electron chi connectivity index (χ3n) is 3.07. The number of ether oxygens (including phenoxy) is 2. The zero-order chi connectivity index (χ0) is 17.1. The Morgan fingerprint density at radius 2 is 1.91 bits per heavy atom. The molecule has 0 atom stereocenters. The molecule has 1 aromatic carbocycles. The summed E-state index contributed by atoms with van der Waals surface area (Å²) < 4.78 is 11.2. The Labute approximate surface area is 136 Å². The van der Waals surface area contributed by atoms with Crippen molar-refractivity contribution in [2.24, 2.45) is 0 Å². The van der Waals surface area contributed by atoms with Gasteiger partial charge in [-0.1, -0.05) is 13.0 Å². The van der Waals surface area contributed by atoms with E-state index in [1.807, 2.05) is 32.0 Å². The molecule has 0 fully saturated rings. The molecule has 0 bridgehead atoms. The van der Waals surface area contributed by atoms with Gasteiger partial charge in [0, 0.05) is 13.0 Å². The van der Waals surface area contributed by atoms with Crippen LogP contribution in [-0.2, 0) is 16.0 Å². The Morgan fingerprint density at radius 1 is 1.13 bits per heavy atom. The van der Waals surface area contributed by atoms with Crippen molar-refractivity contribution in [2.45, 2.75) is 39.5 Å². The van der Waals surface area contributed by atoms with Crippen LogP contribution in [0.4, 0.5) is 0 Å². The number of carbonyl (C=O) groups is 2. The molecule has 0 aromatic heterocycles. The number of nitrogens with one attached hydrogen (secondary N) is 1. The van der Waals surface area contributed by atoms with Gasteiger partial charge in [-0.05, 0) is 37.5 Å². The summed E-state index contributed by atoms with van der Waals surface area (Å²) in [6.45, 7) is 5.61. The SMILES string of the molecule is CCCOc1ccc(CCNC(=O)CCC(=O)O)cc1OCC. The summed E-state index contributed by atoms with van der Waals surface area (Å²) in [5.41, 5.74) is 1.02. The number of rotatable bonds is 11. The van der Waals surface area contributed by atoms with Gasteiger partial charge in [0.1, 0.15) is 0 Å². The summed E-state index contributed by atoms with van der Waals surface area (Å²) in [4.78, 5) is 21.9. The summed E-state index contributed by atoms with van der Waals surface area (Å²) in [7, 11) is 0. The van der Waals surface area contributed by atoms with Gasteiger partial charge in [0.15, 0.2) is 11.5 Å². The van der Waals surface area contributed by atoms with Crippen LogP contribution >= 0.6 is 0 Å². The molecule has 6 nitrogen and oxygen atoms in total. The van der Waals surface area contributed by atoms with Crippen LogP contribution in [0.5, 0.6) is 11.5 Å². The average Bonchev–Trinajstić information content (AvgIpc) is 2.52. The molecular formula is C17H25NO5. The Hall–Kier alpha value is -2.24. The van der Waals surface area contributed by atoms with Gasteiger partial charge in [0.25, 0.3) is 0 Å². The zero-order valence-electron chi connectivity index (χ0n) is 13.8. The van der Waals surface area contributed by atoms with E-state index in [0.29, 0.717) is 31.9 Å². The van der Waals surface area contributed by atoms with Gasteiger partial charge >= 0.3 is 5.97 Å². The smallest absolute Gasteiger partial charge is 0.303 e. The number of hydrogen-bond acceptors (Lipinski definition) is 4. The predicted octanol–water partition coefficient (Wildman–Crippen LogP) is 2.40. The van der Waals surface area contributed by atoms with Crippen molar-refractivity contribution in [2.75, 3.05) is 19.8 Å². The van der Waals surface area contributed by atoms with Gasteiger partial charge in [-0.15, -0.1) is 0 Å². The first kappa shape index (κ1) is 18.8. The molecule has 0 aliphatic carbocycles. The minimum Gasteiger partial charge on any atom is -0.490 e. The van der Waals surface area contributed by atoms with Gasteiger partial charge in [-0.3, -0.25) is 9.59 Å². The lowest BCUT2D eigenvalue weighted by atomic mass is 10.1. The molecule has 1 aromatic rings. The molecule has 0 spiro atoms. The minimum atomic E-state index is -0.968. The molecule has 0 saturated heterocycles. The number of carboxylic acid groups (broad SMARTS) is 1. The summed E-state index contributed by atoms with van der Waals surface area (Å²) >= 11 is 0. The van der Waals surface area contributed by atoms with E-state index in [4.69, 9.17) is 14.6 Å². The highest BCUT2D eigenvalue weighted by atomic mass is 16.5. The highest BCUT2D eigenvalue weighted by Gasteiger charge is 2.08. The molecule has 23 heavy (non-hydrogen) atoms. The maximum absolute atomic E-state index is 11.5. The summed E-state index contributed by atoms with van der Waals surface area (Å²) in [5.74, 6) is 0.211. The normalized spacial score (nSPS) is 10.2. The number of hydrogen-bond donors (Lipinski definition) is 2. The molecule has 0 aliphatic heterocycles. The fourth-order valence-corrected chi connectivity index (χ4v) is 1.96. The van der Waals surface area contributed by atoms with Crippen molar-refractivity contribution in [3.05, 3.63) is 23.8 Å². The number of benzene rings is 1. The summed E-state index contributed by atoms with van der Waals surface area (Å²) in [6, 6.07) is 5.73. The van der Waals surface area contributed by atoms with Crippen LogP contribution in [0.3, 0.4) is 0 Å². The number of carboxylic acids is 1. The molecule has 6 heteroatoms. The molecule has 0 unspecified atom stereocenters. The zero-order valence-corrected chi connectivity index (χ0v) is 13.8. The molecule has 1 rings (SSSR count). The van der Waals surface area contributed by atoms with Crippen LogP contribution in [0.15, 0.2) is 18.2 Å². The standard InChI is InChI=1S/C17H25NO5/c1-3-11-23-14-6-5-13(12-15(14)22-4-2)9-10-18-16(19)7-8-17(20)21/h5-6,12H,3-4,7-11H2,1-2H3,(H,18,19)(H,20,21). The lowest BCUT2D eigenvalue weighted by Crippen LogP contribution is -2.26. The van der Waals surface area contributed by atoms with Crippen LogP contribution in [0.25, 0.3) is 0 Å². The van der Waals surface area contributed by atoms with E-state index in [9.17, 15) is 9.59 Å². The van der Waals surface area contributed by atoms with Gasteiger partial charge in [-0.2, -0.15) is 0 Å². The van der Waals surface area contributed by atoms with E-state index in [0.717, 1.165) is 17.7 Å². The summed E-state index contributed by atoms with van der Waals surface area (Å²) in [6.07, 6.45) is 1.43. The van der Waals surface area contributed by atoms with Crippen molar-refractivity contribution in [3.8, 4) is 11.5 Å². The third kappa shape index (κ3) is 7.54. The van der Waals surface area contributed by atoms with Gasteiger partial charge in [-0.25, -0.2) is 0 Å². The first-order chi connectivity index (χ1) is 11.1. The van der Waals surface area contributed by atoms with Crippen LogP contribution in [0, 0.1) is 0 Å². The average molecular weight is 323 g/mol. The fraction of sp³-hybridized carbons (Fsp3) is 0.529. The molecule has 2 N–H and O–H groups in total. The van der Waals surface area contributed by atoms with E-state index in [1.54, 1.807) is 0 Å². The second-order valence-electron chi connectivity index (χ2n) is 5.06. The highest BCUT2D eigenvalue weighted by molar-refractivity contribution is 5.80. The fourth-order valence-electron chi connectivity index (χ4n) is 1.96. The number of carbonyl (C=O) groups excluding carboxylic acids is 1. The van der Waals surface area contributed by atoms with Crippen LogP contribution < -0.4 is 14.8 Å². The molecule has 0 heterocycles. The van der Waals surface area contributed by atoms with Crippen molar-refractivity contribution in [1.82, 2.24) is 5.32 Å². The van der Waals surface area contributed by atoms with E-state index in [-0.39, 0.29) is 18.7 Å². The van der Waals surface area contributed by atoms with Crippen molar-refractivity contribution >= 4 is 11.9 Å². The topological polar surface area (TPSA) is 84.9 Å². The Kier molecular flexibility index (Phi) is 8.57. The van der Waals surface area contributed by atoms with E-state index in [1.165, 1.54) is 0 Å². The molecule has 128 valence electrons. The van der Waals surface area contributed by atoms with Crippen LogP contribution in [-0.4, -0.2) is 36.7 Å². The maximum atomic E-state index is 11.5. The number of amides is 1. The summed E-state index contributed by atoms with van der Waals surface area (Å²) in [5, 5.41) is 11.2. The molecule has 0 radical (unpaired) electrons. The van der Waals surface area contributed by atoms with Gasteiger partial charge in [0.05, 0.1) is 19.6 Å². The lowest BCUT2D eigenvalue weighted by molar-refractivity contribution is -0.138. The van der Waals surface area contributed by atoms with Crippen molar-refractivity contribution in [1.29, 1.82) is 0 Å². The number of aliphatic carboxylic acids is 1. The van der Waals surface area contributed by atoms with Gasteiger partial charge < -0.3 is 19.9 Å². The first-order valence-electron chi connectivity index (χ1n) is 7.93. The van der Waals surface area contributed by atoms with Gasteiger partial charge in [0.2, 0.25) is 5.91 Å². The lowest BCUT2D eigenvalue weighted by Gasteiger charge is -2.13. The molecule has 1 amide bonds. The Bertz CT molecular complexity index is 516. The third-order valence-corrected chi connectivity index (χ3v) is 3.07. The Balaban J connectivity index is 2.51. The predicted molar refractivity (Wildman–Crippen MR) is 87.0 cm³/mol. The van der Waals surface area contributed by atoms with E-state index >= 15 is 0 Å².